The highest BCUT2D eigenvalue weighted by molar-refractivity contribution is 5.77. The van der Waals surface area contributed by atoms with E-state index < -0.39 is 0 Å². The molecular formula is C13H25NO2. The monoisotopic (exact) mass is 227 g/mol. The Balaban J connectivity index is 2.19. The molecule has 1 fully saturated rings. The van der Waals surface area contributed by atoms with Gasteiger partial charge in [0, 0.05) is 5.92 Å². The first kappa shape index (κ1) is 13.5. The van der Waals surface area contributed by atoms with Crippen LogP contribution in [0.4, 0.5) is 0 Å². The van der Waals surface area contributed by atoms with Crippen molar-refractivity contribution in [3.8, 4) is 0 Å². The van der Waals surface area contributed by atoms with Crippen LogP contribution < -0.4 is 5.48 Å². The molecule has 1 saturated carbocycles. The second-order valence-electron chi connectivity index (χ2n) is 4.74. The van der Waals surface area contributed by atoms with E-state index in [1.807, 2.05) is 0 Å². The molecule has 1 N–H and O–H groups in total. The van der Waals surface area contributed by atoms with Gasteiger partial charge in [0.25, 0.3) is 0 Å². The van der Waals surface area contributed by atoms with Crippen molar-refractivity contribution in [2.24, 2.45) is 5.92 Å². The first-order chi connectivity index (χ1) is 7.77. The highest BCUT2D eigenvalue weighted by Crippen LogP contribution is 2.20. The van der Waals surface area contributed by atoms with Crippen molar-refractivity contribution >= 4 is 5.91 Å². The van der Waals surface area contributed by atoms with Crippen molar-refractivity contribution in [2.75, 3.05) is 0 Å². The number of hydrogen-bond acceptors (Lipinski definition) is 2. The zero-order valence-corrected chi connectivity index (χ0v) is 10.6. The minimum absolute atomic E-state index is 0.0721. The van der Waals surface area contributed by atoms with Gasteiger partial charge in [-0.2, -0.15) is 0 Å². The standard InChI is InChI=1S/C13H25NO2/c1-3-5-8-11(4-2)13(15)14-16-12-9-6-7-10-12/h11-12H,3-10H2,1-2H3,(H,14,15). The van der Waals surface area contributed by atoms with Crippen LogP contribution in [0.15, 0.2) is 0 Å². The fourth-order valence-corrected chi connectivity index (χ4v) is 2.20. The molecule has 94 valence electrons. The average molecular weight is 227 g/mol. The third-order valence-corrected chi connectivity index (χ3v) is 3.40. The molecule has 0 bridgehead atoms. The summed E-state index contributed by atoms with van der Waals surface area (Å²) in [6, 6.07) is 0. The molecule has 1 amide bonds. The number of rotatable bonds is 7. The summed E-state index contributed by atoms with van der Waals surface area (Å²) in [7, 11) is 0. The van der Waals surface area contributed by atoms with Crippen molar-refractivity contribution in [2.45, 2.75) is 71.3 Å². The van der Waals surface area contributed by atoms with Crippen LogP contribution in [0, 0.1) is 5.92 Å². The smallest absolute Gasteiger partial charge is 0.246 e. The number of nitrogens with one attached hydrogen (secondary N) is 1. The summed E-state index contributed by atoms with van der Waals surface area (Å²) in [5.74, 6) is 0.198. The molecule has 1 unspecified atom stereocenters. The number of amides is 1. The fourth-order valence-electron chi connectivity index (χ4n) is 2.20. The van der Waals surface area contributed by atoms with Gasteiger partial charge in [0.15, 0.2) is 0 Å². The molecule has 0 heterocycles. The lowest BCUT2D eigenvalue weighted by Gasteiger charge is -2.16. The molecule has 16 heavy (non-hydrogen) atoms. The number of unbranched alkanes of at least 4 members (excludes halogenated alkanes) is 1. The Bertz CT molecular complexity index is 200. The quantitative estimate of drug-likeness (QED) is 0.678. The van der Waals surface area contributed by atoms with Gasteiger partial charge >= 0.3 is 0 Å². The van der Waals surface area contributed by atoms with Gasteiger partial charge in [-0.25, -0.2) is 5.48 Å². The number of carbonyl (C=O) groups excluding carboxylic acids is 1. The van der Waals surface area contributed by atoms with Crippen molar-refractivity contribution in [3.63, 3.8) is 0 Å². The maximum atomic E-state index is 11.8. The van der Waals surface area contributed by atoms with Gasteiger partial charge in [-0.05, 0) is 25.7 Å². The summed E-state index contributed by atoms with van der Waals surface area (Å²) in [6.07, 6.45) is 9.04. The molecule has 1 aliphatic carbocycles. The van der Waals surface area contributed by atoms with Crippen LogP contribution in [0.2, 0.25) is 0 Å². The second kappa shape index (κ2) is 7.66. The Morgan fingerprint density at radius 1 is 1.38 bits per heavy atom. The predicted octanol–water partition coefficient (Wildman–Crippen LogP) is 3.19. The summed E-state index contributed by atoms with van der Waals surface area (Å²) < 4.78 is 0. The van der Waals surface area contributed by atoms with Crippen LogP contribution in [0.3, 0.4) is 0 Å². The minimum atomic E-state index is 0.0721. The van der Waals surface area contributed by atoms with Gasteiger partial charge in [0.2, 0.25) is 5.91 Å². The van der Waals surface area contributed by atoms with Crippen molar-refractivity contribution in [1.29, 1.82) is 0 Å². The van der Waals surface area contributed by atoms with Crippen LogP contribution in [-0.4, -0.2) is 12.0 Å². The van der Waals surface area contributed by atoms with Gasteiger partial charge in [-0.15, -0.1) is 0 Å². The summed E-state index contributed by atoms with van der Waals surface area (Å²) >= 11 is 0. The normalized spacial score (nSPS) is 18.6. The minimum Gasteiger partial charge on any atom is -0.273 e. The first-order valence-electron chi connectivity index (χ1n) is 6.73. The lowest BCUT2D eigenvalue weighted by Crippen LogP contribution is -2.33. The zero-order chi connectivity index (χ0) is 11.8. The van der Waals surface area contributed by atoms with E-state index in [-0.39, 0.29) is 17.9 Å². The molecule has 0 saturated heterocycles. The molecule has 1 rings (SSSR count). The highest BCUT2D eigenvalue weighted by atomic mass is 16.7. The largest absolute Gasteiger partial charge is 0.273 e. The second-order valence-corrected chi connectivity index (χ2v) is 4.74. The van der Waals surface area contributed by atoms with Gasteiger partial charge in [-0.3, -0.25) is 9.63 Å². The molecule has 0 radical (unpaired) electrons. The number of carbonyl (C=O) groups is 1. The van der Waals surface area contributed by atoms with E-state index in [4.69, 9.17) is 4.84 Å². The van der Waals surface area contributed by atoms with E-state index in [1.165, 1.54) is 12.8 Å². The first-order valence-corrected chi connectivity index (χ1v) is 6.73. The Labute approximate surface area is 98.9 Å². The molecule has 0 aromatic heterocycles. The Morgan fingerprint density at radius 3 is 2.62 bits per heavy atom. The maximum absolute atomic E-state index is 11.8. The van der Waals surface area contributed by atoms with E-state index in [2.05, 4.69) is 19.3 Å². The molecule has 3 heteroatoms. The van der Waals surface area contributed by atoms with E-state index in [9.17, 15) is 4.79 Å². The van der Waals surface area contributed by atoms with Crippen molar-refractivity contribution < 1.29 is 9.63 Å². The molecule has 1 aliphatic rings. The summed E-state index contributed by atoms with van der Waals surface area (Å²) in [5.41, 5.74) is 2.65. The zero-order valence-electron chi connectivity index (χ0n) is 10.6. The van der Waals surface area contributed by atoms with Crippen LogP contribution in [0.25, 0.3) is 0 Å². The van der Waals surface area contributed by atoms with Gasteiger partial charge < -0.3 is 0 Å². The molecule has 0 aromatic carbocycles. The van der Waals surface area contributed by atoms with Gasteiger partial charge in [0.05, 0.1) is 6.10 Å². The SMILES string of the molecule is CCCCC(CC)C(=O)NOC1CCCC1. The van der Waals surface area contributed by atoms with Crippen LogP contribution in [-0.2, 0) is 9.63 Å². The summed E-state index contributed by atoms with van der Waals surface area (Å²) in [4.78, 5) is 17.2. The van der Waals surface area contributed by atoms with E-state index >= 15 is 0 Å². The Hall–Kier alpha value is -0.570. The molecular weight excluding hydrogens is 202 g/mol. The third-order valence-electron chi connectivity index (χ3n) is 3.40. The average Bonchev–Trinajstić information content (AvgIpc) is 2.80. The molecule has 3 nitrogen and oxygen atoms in total. The predicted molar refractivity (Wildman–Crippen MR) is 64.8 cm³/mol. The molecule has 1 atom stereocenters. The number of hydroxylamine groups is 1. The van der Waals surface area contributed by atoms with Gasteiger partial charge in [0.1, 0.15) is 0 Å². The van der Waals surface area contributed by atoms with Crippen LogP contribution in [0.5, 0.6) is 0 Å². The molecule has 0 aliphatic heterocycles. The topological polar surface area (TPSA) is 38.3 Å². The molecule has 0 aromatic rings. The van der Waals surface area contributed by atoms with Crippen molar-refractivity contribution in [3.05, 3.63) is 0 Å². The van der Waals surface area contributed by atoms with Crippen molar-refractivity contribution in [1.82, 2.24) is 5.48 Å². The third kappa shape index (κ3) is 4.52. The van der Waals surface area contributed by atoms with Crippen LogP contribution in [0.1, 0.15) is 65.2 Å². The fraction of sp³-hybridized carbons (Fsp3) is 0.923. The lowest BCUT2D eigenvalue weighted by molar-refractivity contribution is -0.142. The van der Waals surface area contributed by atoms with E-state index in [1.54, 1.807) is 0 Å². The highest BCUT2D eigenvalue weighted by Gasteiger charge is 2.20. The summed E-state index contributed by atoms with van der Waals surface area (Å²) in [6.45, 7) is 4.22. The lowest BCUT2D eigenvalue weighted by atomic mass is 9.99. The van der Waals surface area contributed by atoms with E-state index in [0.29, 0.717) is 0 Å². The van der Waals surface area contributed by atoms with Crippen LogP contribution >= 0.6 is 0 Å². The summed E-state index contributed by atoms with van der Waals surface area (Å²) in [5, 5.41) is 0. The molecule has 0 spiro atoms. The van der Waals surface area contributed by atoms with E-state index in [0.717, 1.165) is 38.5 Å². The Kier molecular flexibility index (Phi) is 6.46. The Morgan fingerprint density at radius 2 is 2.06 bits per heavy atom. The maximum Gasteiger partial charge on any atom is 0.246 e. The number of hydrogen-bond donors (Lipinski definition) is 1. The van der Waals surface area contributed by atoms with Gasteiger partial charge in [-0.1, -0.05) is 39.5 Å².